The van der Waals surface area contributed by atoms with E-state index in [-0.39, 0.29) is 11.8 Å². The quantitative estimate of drug-likeness (QED) is 0.752. The summed E-state index contributed by atoms with van der Waals surface area (Å²) in [6.45, 7) is 5.98. The van der Waals surface area contributed by atoms with Crippen molar-refractivity contribution >= 4 is 11.8 Å². The zero-order valence-corrected chi connectivity index (χ0v) is 11.2. The first-order valence-electron chi connectivity index (χ1n) is 6.54. The second-order valence-corrected chi connectivity index (χ2v) is 4.66. The zero-order valence-electron chi connectivity index (χ0n) is 11.2. The summed E-state index contributed by atoms with van der Waals surface area (Å²) in [5.41, 5.74) is 0. The van der Waals surface area contributed by atoms with Crippen molar-refractivity contribution in [3.63, 3.8) is 0 Å². The lowest BCUT2D eigenvalue weighted by Crippen LogP contribution is -2.39. The molecular weight excluding hydrogens is 230 g/mol. The van der Waals surface area contributed by atoms with E-state index in [1.54, 1.807) is 16.7 Å². The van der Waals surface area contributed by atoms with Crippen molar-refractivity contribution in [3.05, 3.63) is 0 Å². The van der Waals surface area contributed by atoms with Crippen LogP contribution in [0.1, 0.15) is 33.1 Å². The van der Waals surface area contributed by atoms with Crippen LogP contribution in [0.15, 0.2) is 0 Å². The molecule has 0 aromatic heterocycles. The van der Waals surface area contributed by atoms with Gasteiger partial charge in [-0.05, 0) is 12.8 Å². The summed E-state index contributed by atoms with van der Waals surface area (Å²) < 4.78 is 0. The average molecular weight is 251 g/mol. The molecule has 5 nitrogen and oxygen atoms in total. The number of carbonyl (C=O) groups excluding carboxylic acids is 2. The van der Waals surface area contributed by atoms with Crippen molar-refractivity contribution in [1.29, 1.82) is 5.26 Å². The van der Waals surface area contributed by atoms with Gasteiger partial charge in [0, 0.05) is 33.1 Å². The molecule has 0 aromatic carbocycles. The molecule has 100 valence electrons. The Kier molecular flexibility index (Phi) is 5.63. The third kappa shape index (κ3) is 3.73. The summed E-state index contributed by atoms with van der Waals surface area (Å²) in [5, 5.41) is 9.01. The smallest absolute Gasteiger partial charge is 0.239 e. The SMILES string of the molecule is CCC[C@H](C#N)C(=O)N1CCCN(C(C)=O)CC1. The molecule has 0 saturated carbocycles. The Balaban J connectivity index is 2.59. The van der Waals surface area contributed by atoms with Gasteiger partial charge in [0.25, 0.3) is 0 Å². The van der Waals surface area contributed by atoms with E-state index < -0.39 is 5.92 Å². The molecule has 18 heavy (non-hydrogen) atoms. The zero-order chi connectivity index (χ0) is 13.5. The van der Waals surface area contributed by atoms with Crippen LogP contribution in [0, 0.1) is 17.2 Å². The third-order valence-electron chi connectivity index (χ3n) is 3.28. The van der Waals surface area contributed by atoms with Gasteiger partial charge in [-0.1, -0.05) is 13.3 Å². The highest BCUT2D eigenvalue weighted by molar-refractivity contribution is 5.81. The standard InChI is InChI=1S/C13H21N3O2/c1-3-5-12(10-14)13(18)16-7-4-6-15(8-9-16)11(2)17/h12H,3-9H2,1-2H3/t12-/m1/s1. The summed E-state index contributed by atoms with van der Waals surface area (Å²) in [4.78, 5) is 26.9. The largest absolute Gasteiger partial charge is 0.341 e. The molecule has 0 aromatic rings. The molecule has 1 fully saturated rings. The summed E-state index contributed by atoms with van der Waals surface area (Å²) in [7, 11) is 0. The van der Waals surface area contributed by atoms with Crippen molar-refractivity contribution in [2.45, 2.75) is 33.1 Å². The first-order valence-corrected chi connectivity index (χ1v) is 6.54. The average Bonchev–Trinajstić information content (AvgIpc) is 2.60. The Morgan fingerprint density at radius 2 is 1.83 bits per heavy atom. The highest BCUT2D eigenvalue weighted by atomic mass is 16.2. The molecule has 5 heteroatoms. The van der Waals surface area contributed by atoms with E-state index >= 15 is 0 Å². The van der Waals surface area contributed by atoms with Gasteiger partial charge in [0.2, 0.25) is 11.8 Å². The van der Waals surface area contributed by atoms with Gasteiger partial charge in [-0.15, -0.1) is 0 Å². The lowest BCUT2D eigenvalue weighted by molar-refractivity contribution is -0.134. The van der Waals surface area contributed by atoms with Crippen LogP contribution in [-0.2, 0) is 9.59 Å². The molecule has 1 aliphatic rings. The van der Waals surface area contributed by atoms with E-state index in [4.69, 9.17) is 5.26 Å². The Morgan fingerprint density at radius 1 is 1.22 bits per heavy atom. The Labute approximate surface area is 108 Å². The van der Waals surface area contributed by atoms with Gasteiger partial charge in [-0.25, -0.2) is 0 Å². The highest BCUT2D eigenvalue weighted by Crippen LogP contribution is 2.12. The van der Waals surface area contributed by atoms with Crippen molar-refractivity contribution < 1.29 is 9.59 Å². The van der Waals surface area contributed by atoms with Gasteiger partial charge < -0.3 is 9.80 Å². The summed E-state index contributed by atoms with van der Waals surface area (Å²) in [6, 6.07) is 2.08. The van der Waals surface area contributed by atoms with Crippen LogP contribution < -0.4 is 0 Å². The Bertz CT molecular complexity index is 349. The number of amides is 2. The molecule has 1 saturated heterocycles. The van der Waals surface area contributed by atoms with Gasteiger partial charge in [0.1, 0.15) is 5.92 Å². The molecule has 0 aliphatic carbocycles. The summed E-state index contributed by atoms with van der Waals surface area (Å²) in [6.07, 6.45) is 2.23. The highest BCUT2D eigenvalue weighted by Gasteiger charge is 2.25. The van der Waals surface area contributed by atoms with Crippen molar-refractivity contribution in [2.24, 2.45) is 5.92 Å². The van der Waals surface area contributed by atoms with Crippen LogP contribution in [0.4, 0.5) is 0 Å². The third-order valence-corrected chi connectivity index (χ3v) is 3.28. The maximum absolute atomic E-state index is 12.1. The van der Waals surface area contributed by atoms with E-state index in [1.807, 2.05) is 6.92 Å². The van der Waals surface area contributed by atoms with Crippen molar-refractivity contribution in [1.82, 2.24) is 9.80 Å². The van der Waals surface area contributed by atoms with E-state index in [9.17, 15) is 9.59 Å². The fourth-order valence-electron chi connectivity index (χ4n) is 2.21. The minimum absolute atomic E-state index is 0.0506. The Morgan fingerprint density at radius 3 is 2.39 bits per heavy atom. The molecule has 1 aliphatic heterocycles. The lowest BCUT2D eigenvalue weighted by Gasteiger charge is -2.23. The van der Waals surface area contributed by atoms with Gasteiger partial charge in [-0.3, -0.25) is 9.59 Å². The second-order valence-electron chi connectivity index (χ2n) is 4.66. The van der Waals surface area contributed by atoms with Crippen LogP contribution in [-0.4, -0.2) is 47.8 Å². The fraction of sp³-hybridized carbons (Fsp3) is 0.769. The number of nitrogens with zero attached hydrogens (tertiary/aromatic N) is 3. The second kappa shape index (κ2) is 7.00. The number of nitriles is 1. The normalized spacial score (nSPS) is 17.8. The molecule has 1 heterocycles. The topological polar surface area (TPSA) is 64.4 Å². The van der Waals surface area contributed by atoms with E-state index in [0.717, 1.165) is 12.8 Å². The van der Waals surface area contributed by atoms with Gasteiger partial charge in [0.05, 0.1) is 6.07 Å². The van der Waals surface area contributed by atoms with Crippen LogP contribution >= 0.6 is 0 Å². The number of rotatable bonds is 3. The molecule has 0 unspecified atom stereocenters. The molecule has 0 N–H and O–H groups in total. The monoisotopic (exact) mass is 251 g/mol. The van der Waals surface area contributed by atoms with Crippen LogP contribution in [0.2, 0.25) is 0 Å². The summed E-state index contributed by atoms with van der Waals surface area (Å²) in [5.74, 6) is -0.557. The Hall–Kier alpha value is -1.57. The molecule has 0 bridgehead atoms. The number of hydrogen-bond acceptors (Lipinski definition) is 3. The maximum Gasteiger partial charge on any atom is 0.239 e. The minimum Gasteiger partial charge on any atom is -0.341 e. The summed E-state index contributed by atoms with van der Waals surface area (Å²) >= 11 is 0. The molecule has 1 atom stereocenters. The molecule has 1 rings (SSSR count). The van der Waals surface area contributed by atoms with Crippen molar-refractivity contribution in [3.8, 4) is 6.07 Å². The van der Waals surface area contributed by atoms with E-state index in [2.05, 4.69) is 6.07 Å². The minimum atomic E-state index is -0.529. The fourth-order valence-corrected chi connectivity index (χ4v) is 2.21. The van der Waals surface area contributed by atoms with Crippen LogP contribution in [0.3, 0.4) is 0 Å². The van der Waals surface area contributed by atoms with Gasteiger partial charge >= 0.3 is 0 Å². The predicted molar refractivity (Wildman–Crippen MR) is 67.5 cm³/mol. The first kappa shape index (κ1) is 14.5. The van der Waals surface area contributed by atoms with Crippen LogP contribution in [0.5, 0.6) is 0 Å². The first-order chi connectivity index (χ1) is 8.60. The van der Waals surface area contributed by atoms with E-state index in [1.165, 1.54) is 0 Å². The molecular formula is C13H21N3O2. The molecule has 0 spiro atoms. The molecule has 2 amide bonds. The van der Waals surface area contributed by atoms with Gasteiger partial charge in [0.15, 0.2) is 0 Å². The van der Waals surface area contributed by atoms with Gasteiger partial charge in [-0.2, -0.15) is 5.26 Å². The number of carbonyl (C=O) groups is 2. The van der Waals surface area contributed by atoms with Crippen molar-refractivity contribution in [2.75, 3.05) is 26.2 Å². The van der Waals surface area contributed by atoms with Crippen LogP contribution in [0.25, 0.3) is 0 Å². The predicted octanol–water partition coefficient (Wildman–Crippen LogP) is 1.01. The van der Waals surface area contributed by atoms with E-state index in [0.29, 0.717) is 32.6 Å². The molecule has 0 radical (unpaired) electrons. The lowest BCUT2D eigenvalue weighted by atomic mass is 10.0. The number of hydrogen-bond donors (Lipinski definition) is 0. The maximum atomic E-state index is 12.1.